The fourth-order valence-corrected chi connectivity index (χ4v) is 4.17. The molecule has 6 nitrogen and oxygen atoms in total. The first-order valence-corrected chi connectivity index (χ1v) is 11.1. The molecule has 0 amide bonds. The molecule has 0 aliphatic heterocycles. The lowest BCUT2D eigenvalue weighted by Crippen LogP contribution is -2.40. The third-order valence-corrected chi connectivity index (χ3v) is 5.67. The molecule has 0 fully saturated rings. The topological polar surface area (TPSA) is 77.7 Å². The molecule has 0 aliphatic carbocycles. The van der Waals surface area contributed by atoms with E-state index in [1.165, 1.54) is 0 Å². The van der Waals surface area contributed by atoms with Crippen molar-refractivity contribution in [3.63, 3.8) is 0 Å². The Balaban J connectivity index is 1.78. The molecular weight excluding hydrogens is 410 g/mol. The Bertz CT molecular complexity index is 1340. The maximum absolute atomic E-state index is 9.03. The van der Waals surface area contributed by atoms with Gasteiger partial charge in [0.1, 0.15) is 0 Å². The van der Waals surface area contributed by atoms with Crippen LogP contribution in [0.3, 0.4) is 0 Å². The second-order valence-corrected chi connectivity index (χ2v) is 7.85. The summed E-state index contributed by atoms with van der Waals surface area (Å²) < 4.78 is 2.06. The molecular formula is C27H26N5O+. The molecule has 0 saturated heterocycles. The van der Waals surface area contributed by atoms with E-state index in [1.807, 2.05) is 48.8 Å². The van der Waals surface area contributed by atoms with Gasteiger partial charge in [0.25, 0.3) is 0 Å². The lowest BCUT2D eigenvalue weighted by Gasteiger charge is -2.15. The first-order chi connectivity index (χ1) is 16.3. The van der Waals surface area contributed by atoms with E-state index in [1.54, 1.807) is 0 Å². The highest BCUT2D eigenvalue weighted by Gasteiger charge is 2.23. The third-order valence-electron chi connectivity index (χ3n) is 5.67. The molecule has 0 saturated carbocycles. The van der Waals surface area contributed by atoms with Gasteiger partial charge in [0.2, 0.25) is 6.20 Å². The van der Waals surface area contributed by atoms with E-state index in [0.717, 1.165) is 57.6 Å². The molecule has 6 heteroatoms. The van der Waals surface area contributed by atoms with Crippen molar-refractivity contribution in [2.45, 2.75) is 6.54 Å². The molecule has 5 aromatic rings. The van der Waals surface area contributed by atoms with Gasteiger partial charge in [-0.05, 0) is 23.3 Å². The number of aromatic amines is 1. The number of H-pyrrole nitrogens is 1. The summed E-state index contributed by atoms with van der Waals surface area (Å²) in [6, 6.07) is 24.9. The summed E-state index contributed by atoms with van der Waals surface area (Å²) >= 11 is 0. The standard InChI is InChI=1S/C27H25N5O/c33-18-16-29-15-17-32-19-23-24(20-7-3-1-4-8-20)25(21-11-13-28-14-12-21)26(30-27(23)31-32)22-9-5-2-6-10-22/h1-14,19,29,33H,15-18H2/p+1. The first kappa shape index (κ1) is 21.0. The van der Waals surface area contributed by atoms with Gasteiger partial charge in [0, 0.05) is 35.6 Å². The fourth-order valence-electron chi connectivity index (χ4n) is 4.17. The van der Waals surface area contributed by atoms with Crippen LogP contribution < -0.4 is 10.00 Å². The zero-order valence-electron chi connectivity index (χ0n) is 18.3. The van der Waals surface area contributed by atoms with Crippen molar-refractivity contribution in [3.8, 4) is 33.5 Å². The van der Waals surface area contributed by atoms with Crippen LogP contribution in [0.15, 0.2) is 91.4 Å². The average molecular weight is 437 g/mol. The average Bonchev–Trinajstić information content (AvgIpc) is 3.29. The van der Waals surface area contributed by atoms with Crippen molar-refractivity contribution in [1.82, 2.24) is 20.4 Å². The van der Waals surface area contributed by atoms with Crippen molar-refractivity contribution >= 4 is 11.0 Å². The minimum Gasteiger partial charge on any atom is -0.395 e. The molecule has 3 aromatic heterocycles. The zero-order valence-corrected chi connectivity index (χ0v) is 18.3. The Kier molecular flexibility index (Phi) is 6.19. The number of fused-ring (bicyclic) bond motifs is 1. The molecule has 164 valence electrons. The van der Waals surface area contributed by atoms with Crippen molar-refractivity contribution in [2.24, 2.45) is 0 Å². The molecule has 0 unspecified atom stereocenters. The maximum atomic E-state index is 9.03. The number of aliphatic hydroxyl groups excluding tert-OH is 1. The van der Waals surface area contributed by atoms with Gasteiger partial charge >= 0.3 is 0 Å². The van der Waals surface area contributed by atoms with E-state index in [2.05, 4.69) is 62.7 Å². The van der Waals surface area contributed by atoms with Gasteiger partial charge < -0.3 is 10.4 Å². The van der Waals surface area contributed by atoms with E-state index >= 15 is 0 Å². The van der Waals surface area contributed by atoms with Crippen LogP contribution in [-0.2, 0) is 6.54 Å². The summed E-state index contributed by atoms with van der Waals surface area (Å²) in [6.45, 7) is 2.21. The van der Waals surface area contributed by atoms with Gasteiger partial charge in [-0.3, -0.25) is 4.98 Å². The number of aromatic nitrogens is 4. The number of pyridine rings is 2. The Morgan fingerprint density at radius 3 is 2.15 bits per heavy atom. The number of aliphatic hydroxyl groups is 1. The van der Waals surface area contributed by atoms with Gasteiger partial charge in [-0.25, -0.2) is 4.98 Å². The minimum atomic E-state index is 0.132. The third kappa shape index (κ3) is 4.39. The predicted molar refractivity (Wildman–Crippen MR) is 130 cm³/mol. The molecule has 0 spiro atoms. The molecule has 0 aliphatic rings. The van der Waals surface area contributed by atoms with Crippen molar-refractivity contribution in [1.29, 1.82) is 0 Å². The van der Waals surface area contributed by atoms with E-state index in [4.69, 9.17) is 10.1 Å². The van der Waals surface area contributed by atoms with E-state index < -0.39 is 0 Å². The van der Waals surface area contributed by atoms with Crippen LogP contribution in [0.25, 0.3) is 44.5 Å². The molecule has 33 heavy (non-hydrogen) atoms. The molecule has 0 atom stereocenters. The predicted octanol–water partition coefficient (Wildman–Crippen LogP) is 3.83. The van der Waals surface area contributed by atoms with E-state index in [-0.39, 0.29) is 6.61 Å². The Labute approximate surface area is 192 Å². The molecule has 2 aromatic carbocycles. The highest BCUT2D eigenvalue weighted by atomic mass is 16.3. The van der Waals surface area contributed by atoms with Gasteiger partial charge in [0.15, 0.2) is 12.2 Å². The second-order valence-electron chi connectivity index (χ2n) is 7.85. The Morgan fingerprint density at radius 1 is 0.788 bits per heavy atom. The second kappa shape index (κ2) is 9.73. The van der Waals surface area contributed by atoms with Crippen LogP contribution in [0.2, 0.25) is 0 Å². The molecule has 5 rings (SSSR count). The van der Waals surface area contributed by atoms with Crippen LogP contribution in [0.1, 0.15) is 0 Å². The number of benzene rings is 2. The highest BCUT2D eigenvalue weighted by molar-refractivity contribution is 6.05. The van der Waals surface area contributed by atoms with Crippen molar-refractivity contribution < 1.29 is 9.79 Å². The van der Waals surface area contributed by atoms with Gasteiger partial charge in [-0.2, -0.15) is 0 Å². The van der Waals surface area contributed by atoms with Gasteiger partial charge in [0.05, 0.1) is 24.2 Å². The molecule has 3 heterocycles. The summed E-state index contributed by atoms with van der Waals surface area (Å²) in [6.07, 6.45) is 5.78. The monoisotopic (exact) mass is 436 g/mol. The first-order valence-electron chi connectivity index (χ1n) is 11.1. The number of hydrogen-bond donors (Lipinski definition) is 3. The highest BCUT2D eigenvalue weighted by Crippen LogP contribution is 2.42. The van der Waals surface area contributed by atoms with Crippen LogP contribution in [0.4, 0.5) is 0 Å². The lowest BCUT2D eigenvalue weighted by molar-refractivity contribution is -0.746. The van der Waals surface area contributed by atoms with Crippen LogP contribution in [0, 0.1) is 0 Å². The van der Waals surface area contributed by atoms with Gasteiger partial charge in [-0.1, -0.05) is 60.7 Å². The summed E-state index contributed by atoms with van der Waals surface area (Å²) in [5.74, 6) is 0. The summed E-state index contributed by atoms with van der Waals surface area (Å²) in [5, 5.41) is 16.8. The quantitative estimate of drug-likeness (QED) is 0.255. The number of nitrogens with zero attached hydrogens (tertiary/aromatic N) is 3. The zero-order chi connectivity index (χ0) is 22.5. The number of rotatable bonds is 8. The summed E-state index contributed by atoms with van der Waals surface area (Å²) in [4.78, 5) is 9.35. The maximum Gasteiger partial charge on any atom is 0.205 e. The van der Waals surface area contributed by atoms with E-state index in [0.29, 0.717) is 6.54 Å². The smallest absolute Gasteiger partial charge is 0.205 e. The minimum absolute atomic E-state index is 0.132. The largest absolute Gasteiger partial charge is 0.395 e. The normalized spacial score (nSPS) is 11.2. The number of hydrogen-bond acceptors (Lipinski definition) is 4. The Hall–Kier alpha value is -3.87. The van der Waals surface area contributed by atoms with Crippen LogP contribution in [-0.4, -0.2) is 39.9 Å². The molecule has 0 bridgehead atoms. The van der Waals surface area contributed by atoms with Crippen LogP contribution in [0.5, 0.6) is 0 Å². The number of nitrogens with one attached hydrogen (secondary N) is 2. The molecule has 3 N–H and O–H groups in total. The Morgan fingerprint density at radius 2 is 1.45 bits per heavy atom. The lowest BCUT2D eigenvalue weighted by atomic mass is 9.90. The van der Waals surface area contributed by atoms with Crippen molar-refractivity contribution in [2.75, 3.05) is 19.7 Å². The van der Waals surface area contributed by atoms with E-state index in [9.17, 15) is 0 Å². The summed E-state index contributed by atoms with van der Waals surface area (Å²) in [7, 11) is 0. The molecule has 0 radical (unpaired) electrons. The van der Waals surface area contributed by atoms with Crippen molar-refractivity contribution in [3.05, 3.63) is 91.4 Å². The SMILES string of the molecule is OCCNCC[n+]1cc2c(-c3ccccc3)c(-c3ccncc3)c(-c3ccccc3)nc2[nH]1. The summed E-state index contributed by atoms with van der Waals surface area (Å²) in [5.41, 5.74) is 7.28. The van der Waals surface area contributed by atoms with Gasteiger partial charge in [-0.15, -0.1) is 9.78 Å². The fraction of sp³-hybridized carbons (Fsp3) is 0.148. The van der Waals surface area contributed by atoms with Crippen LogP contribution >= 0.6 is 0 Å².